The lowest BCUT2D eigenvalue weighted by Gasteiger charge is -2.11. The quantitative estimate of drug-likeness (QED) is 0.495. The fourth-order valence-corrected chi connectivity index (χ4v) is 1.89. The van der Waals surface area contributed by atoms with Crippen LogP contribution in [0.1, 0.15) is 72.1 Å². The van der Waals surface area contributed by atoms with Crippen molar-refractivity contribution in [2.24, 2.45) is 0 Å². The van der Waals surface area contributed by atoms with E-state index in [-0.39, 0.29) is 0 Å². The molecule has 0 aliphatic rings. The van der Waals surface area contributed by atoms with Crippen LogP contribution in [0.5, 0.6) is 0 Å². The molecule has 0 N–H and O–H groups in total. The molecule has 0 saturated carbocycles. The topological polar surface area (TPSA) is 0 Å². The van der Waals surface area contributed by atoms with E-state index in [9.17, 15) is 0 Å². The largest absolute Gasteiger partial charge is 0.0683 e. The molecule has 0 saturated heterocycles. The Morgan fingerprint density at radius 3 is 1.35 bits per heavy atom. The third-order valence-corrected chi connectivity index (χ3v) is 3.14. The molecule has 0 fully saturated rings. The molecule has 0 bridgehead atoms. The minimum Gasteiger partial charge on any atom is -0.0683 e. The molecule has 0 nitrogen and oxygen atoms in total. The predicted octanol–water partition coefficient (Wildman–Crippen LogP) is 8.38. The van der Waals surface area contributed by atoms with Crippen LogP contribution in [0, 0.1) is 20.8 Å². The molecule has 0 aromatic heterocycles. The Bertz CT molecular complexity index is 467. The monoisotopic (exact) mass is 316 g/mol. The highest BCUT2D eigenvalue weighted by molar-refractivity contribution is 5.69. The Balaban J connectivity index is -0.000000438. The maximum atomic E-state index is 2.22. The summed E-state index contributed by atoms with van der Waals surface area (Å²) in [6.45, 7) is 22.6. The summed E-state index contributed by atoms with van der Waals surface area (Å²) in [7, 11) is 0. The Morgan fingerprint density at radius 2 is 0.913 bits per heavy atom. The van der Waals surface area contributed by atoms with Crippen molar-refractivity contribution in [3.8, 4) is 11.1 Å². The zero-order valence-corrected chi connectivity index (χ0v) is 17.5. The van der Waals surface area contributed by atoms with Crippen molar-refractivity contribution in [3.05, 3.63) is 59.2 Å². The molecule has 0 aliphatic carbocycles. The minimum absolute atomic E-state index is 1.30. The Hall–Kier alpha value is -1.56. The van der Waals surface area contributed by atoms with E-state index < -0.39 is 0 Å². The number of rotatable bonds is 1. The summed E-state index contributed by atoms with van der Waals surface area (Å²) in [5.74, 6) is 0. The summed E-state index contributed by atoms with van der Waals surface area (Å²) in [4.78, 5) is 0. The van der Waals surface area contributed by atoms with Gasteiger partial charge in [0.1, 0.15) is 0 Å². The van der Waals surface area contributed by atoms with E-state index >= 15 is 0 Å². The van der Waals surface area contributed by atoms with Crippen LogP contribution in [0.25, 0.3) is 11.1 Å². The van der Waals surface area contributed by atoms with Gasteiger partial charge in [-0.1, -0.05) is 97.9 Å². The average molecular weight is 317 g/mol. The molecule has 0 atom stereocenters. The number of benzene rings is 2. The van der Waals surface area contributed by atoms with Gasteiger partial charge >= 0.3 is 0 Å². The van der Waals surface area contributed by atoms with Gasteiger partial charge in [0.15, 0.2) is 0 Å². The molecule has 2 rings (SSSR count). The average Bonchev–Trinajstić information content (AvgIpc) is 2.67. The van der Waals surface area contributed by atoms with Crippen molar-refractivity contribution in [3.63, 3.8) is 0 Å². The maximum Gasteiger partial charge on any atom is -0.0152 e. The lowest BCUT2D eigenvalue weighted by Crippen LogP contribution is -1.90. The molecule has 0 heterocycles. The van der Waals surface area contributed by atoms with Crippen LogP contribution >= 0.6 is 0 Å². The highest BCUT2D eigenvalue weighted by atomic mass is 14.1. The first-order valence-electron chi connectivity index (χ1n) is 9.32. The fourth-order valence-electron chi connectivity index (χ4n) is 1.89. The third-order valence-electron chi connectivity index (χ3n) is 3.14. The molecule has 2 aromatic carbocycles. The van der Waals surface area contributed by atoms with Crippen molar-refractivity contribution in [2.75, 3.05) is 0 Å². The first kappa shape index (κ1) is 26.3. The lowest BCUT2D eigenvalue weighted by atomic mass is 9.94. The Labute approximate surface area is 147 Å². The predicted molar refractivity (Wildman–Crippen MR) is 111 cm³/mol. The van der Waals surface area contributed by atoms with Crippen LogP contribution in [-0.4, -0.2) is 0 Å². The number of hydrogen-bond donors (Lipinski definition) is 0. The van der Waals surface area contributed by atoms with E-state index in [0.717, 1.165) is 0 Å². The minimum atomic E-state index is 1.30. The van der Waals surface area contributed by atoms with E-state index in [1.54, 1.807) is 0 Å². The van der Waals surface area contributed by atoms with Gasteiger partial charge in [0.05, 0.1) is 0 Å². The van der Waals surface area contributed by atoms with Gasteiger partial charge in [-0.05, 0) is 48.6 Å². The standard InChI is InChI=1S/C15H16.4C2H6/c1-11-9-10-15(13(3)12(11)2)14-7-5-4-6-8-14;4*1-2/h4-10H,1-3H3;4*1-2H3. The van der Waals surface area contributed by atoms with Crippen LogP contribution in [0.2, 0.25) is 0 Å². The van der Waals surface area contributed by atoms with Gasteiger partial charge in [-0.2, -0.15) is 0 Å². The second-order valence-corrected chi connectivity index (χ2v) is 4.05. The van der Waals surface area contributed by atoms with E-state index in [0.29, 0.717) is 0 Å². The highest BCUT2D eigenvalue weighted by Gasteiger charge is 2.04. The molecule has 132 valence electrons. The van der Waals surface area contributed by atoms with Crippen molar-refractivity contribution < 1.29 is 0 Å². The summed E-state index contributed by atoms with van der Waals surface area (Å²) in [6, 6.07) is 15.0. The van der Waals surface area contributed by atoms with Gasteiger partial charge in [0.25, 0.3) is 0 Å². The fraction of sp³-hybridized carbons (Fsp3) is 0.478. The van der Waals surface area contributed by atoms with Crippen molar-refractivity contribution in [2.45, 2.75) is 76.2 Å². The normalized spacial score (nSPS) is 7.78. The van der Waals surface area contributed by atoms with Crippen molar-refractivity contribution >= 4 is 0 Å². The molecule has 0 amide bonds. The Morgan fingerprint density at radius 1 is 0.478 bits per heavy atom. The van der Waals surface area contributed by atoms with Gasteiger partial charge in [-0.15, -0.1) is 0 Å². The van der Waals surface area contributed by atoms with E-state index in [1.165, 1.54) is 27.8 Å². The first-order valence-corrected chi connectivity index (χ1v) is 9.32. The van der Waals surface area contributed by atoms with Crippen LogP contribution < -0.4 is 0 Å². The van der Waals surface area contributed by atoms with E-state index in [1.807, 2.05) is 55.4 Å². The number of hydrogen-bond acceptors (Lipinski definition) is 0. The summed E-state index contributed by atoms with van der Waals surface area (Å²) >= 11 is 0. The molecule has 0 aliphatic heterocycles. The van der Waals surface area contributed by atoms with Crippen LogP contribution in [0.3, 0.4) is 0 Å². The van der Waals surface area contributed by atoms with Gasteiger partial charge in [-0.25, -0.2) is 0 Å². The van der Waals surface area contributed by atoms with Gasteiger partial charge in [0.2, 0.25) is 0 Å². The smallest absolute Gasteiger partial charge is 0.0152 e. The zero-order chi connectivity index (χ0) is 18.8. The summed E-state index contributed by atoms with van der Waals surface area (Å²) in [5.41, 5.74) is 6.81. The number of aryl methyl sites for hydroxylation is 1. The van der Waals surface area contributed by atoms with E-state index in [4.69, 9.17) is 0 Å². The molecule has 0 heteroatoms. The van der Waals surface area contributed by atoms with Gasteiger partial charge in [0, 0.05) is 0 Å². The third kappa shape index (κ3) is 9.23. The molecule has 2 aromatic rings. The van der Waals surface area contributed by atoms with Crippen LogP contribution in [-0.2, 0) is 0 Å². The molecule has 23 heavy (non-hydrogen) atoms. The molecule has 0 radical (unpaired) electrons. The zero-order valence-electron chi connectivity index (χ0n) is 17.5. The van der Waals surface area contributed by atoms with Crippen LogP contribution in [0.4, 0.5) is 0 Å². The SMILES string of the molecule is CC.CC.CC.CC.Cc1ccc(-c2ccccc2)c(C)c1C. The van der Waals surface area contributed by atoms with E-state index in [2.05, 4.69) is 63.2 Å². The lowest BCUT2D eigenvalue weighted by molar-refractivity contribution is 1.27. The highest BCUT2D eigenvalue weighted by Crippen LogP contribution is 2.26. The first-order chi connectivity index (χ1) is 11.2. The van der Waals surface area contributed by atoms with Gasteiger partial charge < -0.3 is 0 Å². The summed E-state index contributed by atoms with van der Waals surface area (Å²) < 4.78 is 0. The molecule has 0 unspecified atom stereocenters. The Kier molecular flexibility index (Phi) is 21.2. The molecular weight excluding hydrogens is 276 g/mol. The molecule has 0 spiro atoms. The summed E-state index contributed by atoms with van der Waals surface area (Å²) in [6.07, 6.45) is 0. The molecular formula is C23H40. The summed E-state index contributed by atoms with van der Waals surface area (Å²) in [5, 5.41) is 0. The van der Waals surface area contributed by atoms with Crippen LogP contribution in [0.15, 0.2) is 42.5 Å². The van der Waals surface area contributed by atoms with Crippen molar-refractivity contribution in [1.82, 2.24) is 0 Å². The maximum absolute atomic E-state index is 2.22. The van der Waals surface area contributed by atoms with Crippen molar-refractivity contribution in [1.29, 1.82) is 0 Å². The second kappa shape index (κ2) is 18.5. The van der Waals surface area contributed by atoms with Gasteiger partial charge in [-0.3, -0.25) is 0 Å². The second-order valence-electron chi connectivity index (χ2n) is 4.05.